The summed E-state index contributed by atoms with van der Waals surface area (Å²) >= 11 is 0. The Hall–Kier alpha value is -1.89. The summed E-state index contributed by atoms with van der Waals surface area (Å²) in [5.74, 6) is 0.634. The predicted octanol–water partition coefficient (Wildman–Crippen LogP) is 0.102. The number of hydrogen-bond acceptors (Lipinski definition) is 6. The monoisotopic (exact) mass is 264 g/mol. The molecule has 2 rings (SSSR count). The summed E-state index contributed by atoms with van der Waals surface area (Å²) in [4.78, 5) is 13.1. The van der Waals surface area contributed by atoms with E-state index in [1.54, 1.807) is 12.3 Å². The molecule has 1 saturated heterocycles. The Morgan fingerprint density at radius 2 is 2.32 bits per heavy atom. The van der Waals surface area contributed by atoms with Gasteiger partial charge >= 0.3 is 0 Å². The number of oxime groups is 1. The maximum absolute atomic E-state index is 8.70. The van der Waals surface area contributed by atoms with E-state index in [1.165, 1.54) is 0 Å². The van der Waals surface area contributed by atoms with Crippen LogP contribution in [0.2, 0.25) is 0 Å². The summed E-state index contributed by atoms with van der Waals surface area (Å²) < 4.78 is 0. The topological polar surface area (TPSA) is 90.9 Å². The lowest BCUT2D eigenvalue weighted by Crippen LogP contribution is -2.39. The summed E-state index contributed by atoms with van der Waals surface area (Å²) in [5, 5.41) is 11.7. The highest BCUT2D eigenvalue weighted by atomic mass is 16.4. The highest BCUT2D eigenvalue weighted by molar-refractivity contribution is 5.95. The smallest absolute Gasteiger partial charge is 0.226 e. The average molecular weight is 264 g/mol. The van der Waals surface area contributed by atoms with Crippen molar-refractivity contribution in [1.82, 2.24) is 14.9 Å². The van der Waals surface area contributed by atoms with Crippen LogP contribution in [0, 0.1) is 0 Å². The van der Waals surface area contributed by atoms with E-state index in [0.29, 0.717) is 17.7 Å². The minimum absolute atomic E-state index is 0.00300. The van der Waals surface area contributed by atoms with Crippen molar-refractivity contribution in [2.45, 2.75) is 19.4 Å². The molecule has 1 aliphatic rings. The Bertz CT molecular complexity index is 463. The zero-order valence-electron chi connectivity index (χ0n) is 11.3. The Labute approximate surface area is 112 Å². The van der Waals surface area contributed by atoms with Crippen LogP contribution in [0.15, 0.2) is 17.4 Å². The van der Waals surface area contributed by atoms with Gasteiger partial charge in [0.1, 0.15) is 5.69 Å². The normalized spacial score (nSPS) is 22.3. The Kier molecular flexibility index (Phi) is 4.16. The van der Waals surface area contributed by atoms with Gasteiger partial charge in [-0.2, -0.15) is 0 Å². The first-order chi connectivity index (χ1) is 9.11. The molecule has 19 heavy (non-hydrogen) atoms. The standard InChI is InChI=1S/C12H20N6O/c1-9-8-17(2)6-3-7-18(9)12-14-5-4-10(15-12)11(13)16-19/h4-5,9,19H,3,6-8H2,1-2H3,(H2,13,16)/t9-/m0/s1. The van der Waals surface area contributed by atoms with Crippen LogP contribution in [0.5, 0.6) is 0 Å². The first-order valence-corrected chi connectivity index (χ1v) is 6.38. The van der Waals surface area contributed by atoms with Gasteiger partial charge in [0.2, 0.25) is 5.95 Å². The molecule has 3 N–H and O–H groups in total. The first-order valence-electron chi connectivity index (χ1n) is 6.38. The van der Waals surface area contributed by atoms with Crippen molar-refractivity contribution in [2.24, 2.45) is 10.9 Å². The van der Waals surface area contributed by atoms with Gasteiger partial charge in [0.05, 0.1) is 0 Å². The molecule has 1 aliphatic heterocycles. The second kappa shape index (κ2) is 5.83. The SMILES string of the molecule is C[C@H]1CN(C)CCCN1c1nccc(/C(N)=N/O)n1. The Morgan fingerprint density at radius 3 is 3.05 bits per heavy atom. The van der Waals surface area contributed by atoms with Crippen LogP contribution < -0.4 is 10.6 Å². The maximum atomic E-state index is 8.70. The molecule has 0 spiro atoms. The molecule has 0 saturated carbocycles. The Balaban J connectivity index is 2.25. The van der Waals surface area contributed by atoms with E-state index in [-0.39, 0.29) is 5.84 Å². The first kappa shape index (κ1) is 13.5. The highest BCUT2D eigenvalue weighted by Crippen LogP contribution is 2.15. The molecule has 1 fully saturated rings. The van der Waals surface area contributed by atoms with E-state index in [9.17, 15) is 0 Å². The second-order valence-corrected chi connectivity index (χ2v) is 4.89. The van der Waals surface area contributed by atoms with E-state index in [1.807, 2.05) is 0 Å². The van der Waals surface area contributed by atoms with Crippen LogP contribution in [0.4, 0.5) is 5.95 Å². The van der Waals surface area contributed by atoms with Crippen molar-refractivity contribution in [2.75, 3.05) is 31.6 Å². The molecule has 1 aromatic rings. The quantitative estimate of drug-likeness (QED) is 0.341. The van der Waals surface area contributed by atoms with Gasteiger partial charge in [-0.15, -0.1) is 0 Å². The van der Waals surface area contributed by atoms with Crippen LogP contribution in [-0.2, 0) is 0 Å². The minimum atomic E-state index is 0.00300. The number of rotatable bonds is 2. The van der Waals surface area contributed by atoms with Crippen molar-refractivity contribution in [1.29, 1.82) is 0 Å². The van der Waals surface area contributed by atoms with E-state index >= 15 is 0 Å². The fraction of sp³-hybridized carbons (Fsp3) is 0.583. The van der Waals surface area contributed by atoms with Crippen molar-refractivity contribution < 1.29 is 5.21 Å². The number of amidine groups is 1. The van der Waals surface area contributed by atoms with Crippen molar-refractivity contribution in [3.8, 4) is 0 Å². The molecule has 2 heterocycles. The number of aromatic nitrogens is 2. The zero-order chi connectivity index (χ0) is 13.8. The van der Waals surface area contributed by atoms with E-state index in [0.717, 1.165) is 26.1 Å². The van der Waals surface area contributed by atoms with E-state index in [4.69, 9.17) is 10.9 Å². The van der Waals surface area contributed by atoms with Crippen LogP contribution in [0.25, 0.3) is 0 Å². The molecule has 0 unspecified atom stereocenters. The lowest BCUT2D eigenvalue weighted by molar-refractivity contribution is 0.318. The summed E-state index contributed by atoms with van der Waals surface area (Å²) in [6.07, 6.45) is 2.70. The van der Waals surface area contributed by atoms with Crippen molar-refractivity contribution in [3.63, 3.8) is 0 Å². The van der Waals surface area contributed by atoms with Gasteiger partial charge in [0, 0.05) is 25.3 Å². The van der Waals surface area contributed by atoms with Crippen molar-refractivity contribution >= 4 is 11.8 Å². The highest BCUT2D eigenvalue weighted by Gasteiger charge is 2.22. The Morgan fingerprint density at radius 1 is 1.53 bits per heavy atom. The fourth-order valence-electron chi connectivity index (χ4n) is 2.35. The molecule has 7 nitrogen and oxygen atoms in total. The number of nitrogens with zero attached hydrogens (tertiary/aromatic N) is 5. The molecule has 7 heteroatoms. The molecule has 0 radical (unpaired) electrons. The summed E-state index contributed by atoms with van der Waals surface area (Å²) in [6.45, 7) is 5.10. The third-order valence-corrected chi connectivity index (χ3v) is 3.32. The molecular weight excluding hydrogens is 244 g/mol. The van der Waals surface area contributed by atoms with Crippen molar-refractivity contribution in [3.05, 3.63) is 18.0 Å². The number of hydrogen-bond donors (Lipinski definition) is 2. The fourth-order valence-corrected chi connectivity index (χ4v) is 2.35. The molecule has 1 aromatic heterocycles. The van der Waals surface area contributed by atoms with Crippen LogP contribution in [-0.4, -0.2) is 58.6 Å². The molecule has 1 atom stereocenters. The van der Waals surface area contributed by atoms with Gasteiger partial charge < -0.3 is 20.7 Å². The van der Waals surface area contributed by atoms with Gasteiger partial charge in [-0.25, -0.2) is 9.97 Å². The number of nitrogens with two attached hydrogens (primary N) is 1. The predicted molar refractivity (Wildman–Crippen MR) is 73.5 cm³/mol. The largest absolute Gasteiger partial charge is 0.409 e. The maximum Gasteiger partial charge on any atom is 0.226 e. The molecule has 0 bridgehead atoms. The van der Waals surface area contributed by atoms with Gasteiger partial charge in [-0.3, -0.25) is 0 Å². The van der Waals surface area contributed by atoms with Crippen LogP contribution in [0.1, 0.15) is 19.0 Å². The second-order valence-electron chi connectivity index (χ2n) is 4.89. The number of likely N-dealkylation sites (N-methyl/N-ethyl adjacent to an activating group) is 1. The summed E-state index contributed by atoms with van der Waals surface area (Å²) in [7, 11) is 2.12. The van der Waals surface area contributed by atoms with Gasteiger partial charge in [-0.1, -0.05) is 5.16 Å². The minimum Gasteiger partial charge on any atom is -0.409 e. The van der Waals surface area contributed by atoms with E-state index < -0.39 is 0 Å². The molecular formula is C12H20N6O. The molecule has 0 aliphatic carbocycles. The average Bonchev–Trinajstić information content (AvgIpc) is 2.58. The third-order valence-electron chi connectivity index (χ3n) is 3.32. The van der Waals surface area contributed by atoms with Gasteiger partial charge in [-0.05, 0) is 33.0 Å². The summed E-state index contributed by atoms with van der Waals surface area (Å²) in [5.41, 5.74) is 6.01. The van der Waals surface area contributed by atoms with E-state index in [2.05, 4.69) is 38.9 Å². The molecule has 0 amide bonds. The lowest BCUT2D eigenvalue weighted by atomic mass is 10.3. The van der Waals surface area contributed by atoms with Crippen LogP contribution in [0.3, 0.4) is 0 Å². The summed E-state index contributed by atoms with van der Waals surface area (Å²) in [6, 6.07) is 1.96. The zero-order valence-corrected chi connectivity index (χ0v) is 11.3. The number of anilines is 1. The third kappa shape index (κ3) is 3.11. The molecule has 0 aromatic carbocycles. The van der Waals surface area contributed by atoms with Gasteiger partial charge in [0.15, 0.2) is 5.84 Å². The van der Waals surface area contributed by atoms with Gasteiger partial charge in [0.25, 0.3) is 0 Å². The molecule has 104 valence electrons. The van der Waals surface area contributed by atoms with Crippen LogP contribution >= 0.6 is 0 Å². The lowest BCUT2D eigenvalue weighted by Gasteiger charge is -2.28.